The minimum absolute atomic E-state index is 0.431. The second kappa shape index (κ2) is 26.3. The highest BCUT2D eigenvalue weighted by Gasteiger charge is 2.52. The van der Waals surface area contributed by atoms with Gasteiger partial charge in [0.15, 0.2) is 34.9 Å². The SMILES string of the molecule is Brc1cccc2c1oc1ccccc12.CC1(C)OB(c2ccc3oc4c(-c5nc(-c6ccccc6)nc(-c6ccc7c(c6)oc6ccccc67)n5)cccc4c3c2)OC1(C)C.c1ccc(-c2nc(-c3ccc4c(c3)oc3ccccc34)nc(-c3cccc4c3oc3ccc(-c5cccc6c5oc5ccccc56)cc34)n2)cc1. The number of hydrogen-bond donors (Lipinski definition) is 0. The number of aromatic nitrogens is 6. The second-order valence-electron chi connectivity index (χ2n) is 29.1. The van der Waals surface area contributed by atoms with Gasteiger partial charge in [-0.1, -0.05) is 218 Å². The summed E-state index contributed by atoms with van der Waals surface area (Å²) in [6.45, 7) is 8.25. The first-order valence-electron chi connectivity index (χ1n) is 37.0. The molecule has 22 aromatic rings. The lowest BCUT2D eigenvalue weighted by Crippen LogP contribution is -2.41. The van der Waals surface area contributed by atoms with Gasteiger partial charge in [0.2, 0.25) is 0 Å². The zero-order chi connectivity index (χ0) is 74.9. The largest absolute Gasteiger partial charge is 0.494 e. The Kier molecular flexibility index (Phi) is 15.6. The summed E-state index contributed by atoms with van der Waals surface area (Å²) in [7, 11) is -0.471. The van der Waals surface area contributed by atoms with Crippen LogP contribution in [0, 0.1) is 0 Å². The maximum Gasteiger partial charge on any atom is 0.494 e. The normalized spacial score (nSPS) is 13.5. The van der Waals surface area contributed by atoms with Gasteiger partial charge in [-0.25, -0.2) is 29.9 Å². The van der Waals surface area contributed by atoms with Crippen LogP contribution in [0.15, 0.2) is 334 Å². The molecule has 16 heteroatoms. The van der Waals surface area contributed by atoms with Crippen molar-refractivity contribution < 1.29 is 35.8 Å². The van der Waals surface area contributed by atoms with Crippen LogP contribution in [0.4, 0.5) is 0 Å². The predicted octanol–water partition coefficient (Wildman–Crippen LogP) is 25.6. The molecule has 1 aliphatic heterocycles. The van der Waals surface area contributed by atoms with Crippen molar-refractivity contribution in [1.29, 1.82) is 0 Å². The molecule has 1 saturated heterocycles. The smallest absolute Gasteiger partial charge is 0.456 e. The number of furan rings is 6. The number of nitrogens with zero attached hydrogens (tertiary/aromatic N) is 6. The Morgan fingerprint density at radius 1 is 0.232 bits per heavy atom. The van der Waals surface area contributed by atoms with Crippen LogP contribution in [0.3, 0.4) is 0 Å². The molecule has 14 aromatic carbocycles. The van der Waals surface area contributed by atoms with Gasteiger partial charge in [-0.15, -0.1) is 0 Å². The van der Waals surface area contributed by atoms with Crippen molar-refractivity contribution in [3.63, 3.8) is 0 Å². The molecule has 0 atom stereocenters. The zero-order valence-electron chi connectivity index (χ0n) is 60.8. The quantitative estimate of drug-likeness (QED) is 0.131. The highest BCUT2D eigenvalue weighted by Crippen LogP contribution is 2.44. The second-order valence-corrected chi connectivity index (χ2v) is 29.9. The molecule has 23 rings (SSSR count). The van der Waals surface area contributed by atoms with Crippen LogP contribution in [0.25, 0.3) is 211 Å². The third-order valence-electron chi connectivity index (χ3n) is 21.7. The van der Waals surface area contributed by atoms with Crippen molar-refractivity contribution in [2.24, 2.45) is 0 Å². The van der Waals surface area contributed by atoms with Crippen LogP contribution in [0.5, 0.6) is 0 Å². The van der Waals surface area contributed by atoms with Gasteiger partial charge in [0.1, 0.15) is 67.0 Å². The van der Waals surface area contributed by atoms with Gasteiger partial charge in [0, 0.05) is 92.5 Å². The Hall–Kier alpha value is -13.6. The van der Waals surface area contributed by atoms with Gasteiger partial charge in [-0.3, -0.25) is 0 Å². The zero-order valence-corrected chi connectivity index (χ0v) is 62.4. The molecule has 14 nitrogen and oxygen atoms in total. The van der Waals surface area contributed by atoms with Gasteiger partial charge in [0.25, 0.3) is 0 Å². The summed E-state index contributed by atoms with van der Waals surface area (Å²) >= 11 is 3.48. The lowest BCUT2D eigenvalue weighted by atomic mass is 9.78. The first-order chi connectivity index (χ1) is 54.8. The minimum atomic E-state index is -0.471. The maximum absolute atomic E-state index is 6.61. The van der Waals surface area contributed by atoms with Crippen molar-refractivity contribution in [2.75, 3.05) is 0 Å². The lowest BCUT2D eigenvalue weighted by molar-refractivity contribution is 0.00578. The third-order valence-corrected chi connectivity index (χ3v) is 22.3. The summed E-state index contributed by atoms with van der Waals surface area (Å²) in [5.74, 6) is 3.30. The standard InChI is InChI=1S/C45H25N3O3.C39H30BN3O4.C12H7BrO/c1-2-10-26(11-3-1)43-46-44(28-20-22-32-30-12-4-6-18-37(30)49-40(32)25-28)48-45(47-43)35-17-9-16-34-36-24-27(21-23-39(36)51-42(34)35)29-14-8-15-33-31-13-5-7-19-38(31)50-41(29)33;1-38(2)39(3,4)47-40(46-38)25-18-20-32-30(22-25)28-14-10-15-29(34(28)45-32)37-42-35(23-11-6-5-7-12-23)41-36(43-37)24-17-19-27-26-13-8-9-16-31(26)44-33(27)21-24;13-10-6-3-5-9-8-4-1-2-7-11(8)14-12(9)10/h1-25H;5-22H,1-4H3;1-7H. The Morgan fingerprint density at radius 2 is 0.562 bits per heavy atom. The average molecular weight is 1520 g/mol. The summed E-state index contributed by atoms with van der Waals surface area (Å²) in [4.78, 5) is 30.0. The van der Waals surface area contributed by atoms with E-state index in [9.17, 15) is 0 Å². The molecule has 9 heterocycles. The monoisotopic (exact) mass is 1520 g/mol. The minimum Gasteiger partial charge on any atom is -0.456 e. The topological polar surface area (TPSA) is 175 Å². The predicted molar refractivity (Wildman–Crippen MR) is 451 cm³/mol. The van der Waals surface area contributed by atoms with Crippen molar-refractivity contribution in [3.8, 4) is 79.5 Å². The van der Waals surface area contributed by atoms with Gasteiger partial charge in [0.05, 0.1) is 26.8 Å². The first kappa shape index (κ1) is 66.6. The first-order valence-corrected chi connectivity index (χ1v) is 37.8. The van der Waals surface area contributed by atoms with E-state index in [1.54, 1.807) is 0 Å². The molecule has 112 heavy (non-hydrogen) atoms. The van der Waals surface area contributed by atoms with E-state index in [1.165, 1.54) is 5.39 Å². The highest BCUT2D eigenvalue weighted by atomic mass is 79.9. The van der Waals surface area contributed by atoms with Gasteiger partial charge >= 0.3 is 7.12 Å². The van der Waals surface area contributed by atoms with Crippen LogP contribution in [-0.4, -0.2) is 48.2 Å². The fourth-order valence-corrected chi connectivity index (χ4v) is 15.8. The molecule has 0 bridgehead atoms. The van der Waals surface area contributed by atoms with E-state index in [0.717, 1.165) is 175 Å². The number of para-hydroxylation sites is 8. The molecule has 0 amide bonds. The van der Waals surface area contributed by atoms with E-state index in [2.05, 4.69) is 135 Å². The van der Waals surface area contributed by atoms with Crippen LogP contribution >= 0.6 is 15.9 Å². The van der Waals surface area contributed by atoms with Crippen molar-refractivity contribution in [3.05, 3.63) is 308 Å². The van der Waals surface area contributed by atoms with Crippen molar-refractivity contribution in [1.82, 2.24) is 29.9 Å². The van der Waals surface area contributed by atoms with Crippen LogP contribution < -0.4 is 5.46 Å². The van der Waals surface area contributed by atoms with E-state index < -0.39 is 18.3 Å². The summed E-state index contributed by atoms with van der Waals surface area (Å²) in [6, 6.07) is 102. The number of halogens is 1. The van der Waals surface area contributed by atoms with Crippen LogP contribution in [0.1, 0.15) is 27.7 Å². The van der Waals surface area contributed by atoms with Gasteiger partial charge in [-0.05, 0) is 140 Å². The van der Waals surface area contributed by atoms with Gasteiger partial charge < -0.3 is 35.8 Å². The number of rotatable bonds is 8. The highest BCUT2D eigenvalue weighted by molar-refractivity contribution is 9.10. The van der Waals surface area contributed by atoms with Crippen LogP contribution in [-0.2, 0) is 9.31 Å². The molecule has 1 aliphatic rings. The van der Waals surface area contributed by atoms with E-state index in [1.807, 2.05) is 212 Å². The molecule has 0 radical (unpaired) electrons. The fraction of sp³-hybridized carbons (Fsp3) is 0.0625. The summed E-state index contributed by atoms with van der Waals surface area (Å²) < 4.78 is 51.4. The molecule has 0 unspecified atom stereocenters. The van der Waals surface area contributed by atoms with Crippen molar-refractivity contribution >= 4 is 160 Å². The lowest BCUT2D eigenvalue weighted by Gasteiger charge is -2.32. The maximum atomic E-state index is 6.61. The molecule has 1 fully saturated rings. The van der Waals surface area contributed by atoms with E-state index in [0.29, 0.717) is 40.5 Å². The number of fused-ring (bicyclic) bond motifs is 18. The molecular formula is C96H62BBrN6O8. The molecule has 534 valence electrons. The van der Waals surface area contributed by atoms with E-state index >= 15 is 0 Å². The molecule has 0 saturated carbocycles. The van der Waals surface area contributed by atoms with Crippen LogP contribution in [0.2, 0.25) is 0 Å². The summed E-state index contributed by atoms with van der Waals surface area (Å²) in [5.41, 5.74) is 17.0. The Labute approximate surface area is 647 Å². The Bertz CT molecular complexity index is 7510. The van der Waals surface area contributed by atoms with E-state index in [4.69, 9.17) is 65.7 Å². The van der Waals surface area contributed by atoms with E-state index in [-0.39, 0.29) is 0 Å². The number of benzene rings is 14. The Balaban J connectivity index is 0.000000121. The molecule has 8 aromatic heterocycles. The molecule has 0 spiro atoms. The molecule has 0 N–H and O–H groups in total. The summed E-state index contributed by atoms with van der Waals surface area (Å²) in [6.07, 6.45) is 0. The third kappa shape index (κ3) is 11.4. The van der Waals surface area contributed by atoms with Crippen molar-refractivity contribution in [2.45, 2.75) is 38.9 Å². The fourth-order valence-electron chi connectivity index (χ4n) is 15.4. The molecule has 0 aliphatic carbocycles. The molecular weight excluding hydrogens is 1460 g/mol. The van der Waals surface area contributed by atoms with Gasteiger partial charge in [-0.2, -0.15) is 0 Å². The Morgan fingerprint density at radius 3 is 1.05 bits per heavy atom. The average Bonchev–Trinajstić information content (AvgIpc) is 1.60. The summed E-state index contributed by atoms with van der Waals surface area (Å²) in [5, 5.41) is 12.7. The number of hydrogen-bond acceptors (Lipinski definition) is 14.